The topological polar surface area (TPSA) is 117 Å². The number of non-ortho nitro benzene ring substituents is 1. The number of furan rings is 1. The zero-order valence-corrected chi connectivity index (χ0v) is 16.4. The molecule has 0 amide bonds. The molecule has 0 aliphatic heterocycles. The summed E-state index contributed by atoms with van der Waals surface area (Å²) in [5.74, 6) is 0.524. The number of rotatable bonds is 11. The Morgan fingerprint density at radius 3 is 2.45 bits per heavy atom. The van der Waals surface area contributed by atoms with Crippen LogP contribution in [0.1, 0.15) is 49.4 Å². The van der Waals surface area contributed by atoms with E-state index in [0.717, 1.165) is 12.0 Å². The molecule has 3 N–H and O–H groups in total. The van der Waals surface area contributed by atoms with Crippen molar-refractivity contribution in [2.24, 2.45) is 5.92 Å². The van der Waals surface area contributed by atoms with Gasteiger partial charge in [-0.15, -0.1) is 6.58 Å². The molecular weight excluding hydrogens is 374 g/mol. The minimum absolute atomic E-state index is 0.0587. The van der Waals surface area contributed by atoms with E-state index < -0.39 is 23.0 Å². The quantitative estimate of drug-likeness (QED) is 0.296. The fraction of sp³-hybridized carbons (Fsp3) is 0.364. The molecule has 0 aliphatic carbocycles. The molecule has 3 atom stereocenters. The van der Waals surface area contributed by atoms with E-state index in [0.29, 0.717) is 29.9 Å². The highest BCUT2D eigenvalue weighted by atomic mass is 16.6. The SMILES string of the molecule is C=C[C@H]([C@H](O)CC/C(=C/c1ccc(CO)o1)CC)[C@H](O)c1ccc([N+](=O)[O-])cc1. The van der Waals surface area contributed by atoms with Crippen LogP contribution in [0.4, 0.5) is 5.69 Å². The number of benzene rings is 1. The van der Waals surface area contributed by atoms with E-state index >= 15 is 0 Å². The summed E-state index contributed by atoms with van der Waals surface area (Å²) < 4.78 is 5.47. The molecule has 1 heterocycles. The van der Waals surface area contributed by atoms with Crippen LogP contribution in [0.3, 0.4) is 0 Å². The van der Waals surface area contributed by atoms with Crippen LogP contribution in [0, 0.1) is 16.0 Å². The molecule has 156 valence electrons. The Labute approximate surface area is 169 Å². The first-order chi connectivity index (χ1) is 13.9. The van der Waals surface area contributed by atoms with Crippen molar-refractivity contribution in [3.8, 4) is 0 Å². The van der Waals surface area contributed by atoms with Gasteiger partial charge in [-0.2, -0.15) is 0 Å². The smallest absolute Gasteiger partial charge is 0.269 e. The van der Waals surface area contributed by atoms with Crippen molar-refractivity contribution in [3.63, 3.8) is 0 Å². The van der Waals surface area contributed by atoms with E-state index in [-0.39, 0.29) is 12.3 Å². The number of hydrogen-bond donors (Lipinski definition) is 3. The minimum atomic E-state index is -1.02. The highest BCUT2D eigenvalue weighted by Crippen LogP contribution is 2.30. The predicted molar refractivity (Wildman–Crippen MR) is 110 cm³/mol. The van der Waals surface area contributed by atoms with Gasteiger partial charge < -0.3 is 19.7 Å². The first-order valence-corrected chi connectivity index (χ1v) is 9.51. The summed E-state index contributed by atoms with van der Waals surface area (Å²) in [7, 11) is 0. The van der Waals surface area contributed by atoms with Crippen molar-refractivity contribution in [2.75, 3.05) is 0 Å². The first-order valence-electron chi connectivity index (χ1n) is 9.51. The molecule has 0 spiro atoms. The van der Waals surface area contributed by atoms with Crippen molar-refractivity contribution in [3.05, 3.63) is 81.8 Å². The van der Waals surface area contributed by atoms with Gasteiger partial charge in [-0.1, -0.05) is 18.6 Å². The van der Waals surface area contributed by atoms with E-state index in [4.69, 9.17) is 9.52 Å². The molecule has 1 aromatic heterocycles. The molecule has 2 rings (SSSR count). The molecular formula is C22H27NO6. The van der Waals surface area contributed by atoms with E-state index in [1.165, 1.54) is 30.3 Å². The third kappa shape index (κ3) is 6.12. The van der Waals surface area contributed by atoms with Gasteiger partial charge in [0.1, 0.15) is 18.1 Å². The summed E-state index contributed by atoms with van der Waals surface area (Å²) in [5, 5.41) is 41.1. The average molecular weight is 401 g/mol. The van der Waals surface area contributed by atoms with Crippen molar-refractivity contribution < 1.29 is 24.7 Å². The second kappa shape index (κ2) is 10.7. The lowest BCUT2D eigenvalue weighted by Crippen LogP contribution is -2.25. The Balaban J connectivity index is 2.03. The molecule has 29 heavy (non-hydrogen) atoms. The van der Waals surface area contributed by atoms with Crippen molar-refractivity contribution >= 4 is 11.8 Å². The molecule has 0 aliphatic rings. The van der Waals surface area contributed by atoms with Gasteiger partial charge in [0.05, 0.1) is 17.1 Å². The lowest BCUT2D eigenvalue weighted by Gasteiger charge is -2.25. The molecule has 7 heteroatoms. The van der Waals surface area contributed by atoms with Gasteiger partial charge in [-0.05, 0) is 55.2 Å². The Kier molecular flexibility index (Phi) is 8.33. The van der Waals surface area contributed by atoms with Gasteiger partial charge in [0.15, 0.2) is 0 Å². The van der Waals surface area contributed by atoms with E-state index in [1.807, 2.05) is 13.0 Å². The van der Waals surface area contributed by atoms with Crippen LogP contribution in [0.25, 0.3) is 6.08 Å². The van der Waals surface area contributed by atoms with Crippen LogP contribution < -0.4 is 0 Å². The summed E-state index contributed by atoms with van der Waals surface area (Å²) in [6.07, 6.45) is 3.32. The summed E-state index contributed by atoms with van der Waals surface area (Å²) in [6.45, 7) is 5.57. The number of nitro groups is 1. The summed E-state index contributed by atoms with van der Waals surface area (Å²) in [6, 6.07) is 9.11. The van der Waals surface area contributed by atoms with Crippen LogP contribution in [-0.2, 0) is 6.61 Å². The largest absolute Gasteiger partial charge is 0.459 e. The van der Waals surface area contributed by atoms with Gasteiger partial charge in [0.2, 0.25) is 0 Å². The van der Waals surface area contributed by atoms with Crippen LogP contribution in [0.5, 0.6) is 0 Å². The fourth-order valence-electron chi connectivity index (χ4n) is 3.15. The normalized spacial score (nSPS) is 15.0. The maximum absolute atomic E-state index is 10.8. The predicted octanol–water partition coefficient (Wildman–Crippen LogP) is 4.15. The first kappa shape index (κ1) is 22.5. The molecule has 0 saturated carbocycles. The Morgan fingerprint density at radius 2 is 1.93 bits per heavy atom. The Morgan fingerprint density at radius 1 is 1.24 bits per heavy atom. The highest BCUT2D eigenvalue weighted by Gasteiger charge is 2.26. The van der Waals surface area contributed by atoms with E-state index in [9.17, 15) is 20.3 Å². The van der Waals surface area contributed by atoms with Crippen LogP contribution in [0.2, 0.25) is 0 Å². The summed E-state index contributed by atoms with van der Waals surface area (Å²) in [4.78, 5) is 10.3. The van der Waals surface area contributed by atoms with Crippen LogP contribution in [-0.4, -0.2) is 26.3 Å². The van der Waals surface area contributed by atoms with E-state index in [2.05, 4.69) is 6.58 Å². The Hall–Kier alpha value is -2.74. The lowest BCUT2D eigenvalue weighted by atomic mass is 9.87. The zero-order valence-electron chi connectivity index (χ0n) is 16.4. The molecule has 0 fully saturated rings. The standard InChI is InChI=1S/C22H27NO6/c1-3-15(13-18-10-11-19(14-24)29-18)5-12-21(25)20(4-2)22(26)16-6-8-17(9-7-16)23(27)28/h4,6-11,13,20-22,24-26H,2-3,5,12,14H2,1H3/b15-13+/t20-,21-,22-/m1/s1. The Bertz CT molecular complexity index is 839. The highest BCUT2D eigenvalue weighted by molar-refractivity contribution is 5.47. The van der Waals surface area contributed by atoms with Crippen molar-refractivity contribution in [1.29, 1.82) is 0 Å². The molecule has 2 aromatic rings. The lowest BCUT2D eigenvalue weighted by molar-refractivity contribution is -0.384. The number of hydrogen-bond acceptors (Lipinski definition) is 6. The van der Waals surface area contributed by atoms with Crippen LogP contribution in [0.15, 0.2) is 59.0 Å². The van der Waals surface area contributed by atoms with E-state index in [1.54, 1.807) is 12.1 Å². The maximum atomic E-state index is 10.8. The van der Waals surface area contributed by atoms with Crippen molar-refractivity contribution in [1.82, 2.24) is 0 Å². The third-order valence-corrected chi connectivity index (χ3v) is 4.93. The van der Waals surface area contributed by atoms with Gasteiger partial charge in [-0.25, -0.2) is 0 Å². The number of nitro benzene ring substituents is 1. The maximum Gasteiger partial charge on any atom is 0.269 e. The number of aliphatic hydroxyl groups excluding tert-OH is 3. The van der Waals surface area contributed by atoms with Gasteiger partial charge in [-0.3, -0.25) is 10.1 Å². The number of aliphatic hydroxyl groups is 3. The average Bonchev–Trinajstić information content (AvgIpc) is 3.19. The minimum Gasteiger partial charge on any atom is -0.459 e. The molecule has 0 bridgehead atoms. The number of allylic oxidation sites excluding steroid dienone is 1. The van der Waals surface area contributed by atoms with Gasteiger partial charge in [0, 0.05) is 18.1 Å². The van der Waals surface area contributed by atoms with Crippen molar-refractivity contribution in [2.45, 2.75) is 45.0 Å². The summed E-state index contributed by atoms with van der Waals surface area (Å²) >= 11 is 0. The second-order valence-electron chi connectivity index (χ2n) is 6.83. The zero-order chi connectivity index (χ0) is 21.4. The fourth-order valence-corrected chi connectivity index (χ4v) is 3.15. The molecule has 0 saturated heterocycles. The van der Waals surface area contributed by atoms with Crippen LogP contribution >= 0.6 is 0 Å². The second-order valence-corrected chi connectivity index (χ2v) is 6.83. The van der Waals surface area contributed by atoms with Gasteiger partial charge >= 0.3 is 0 Å². The third-order valence-electron chi connectivity index (χ3n) is 4.93. The van der Waals surface area contributed by atoms with Gasteiger partial charge in [0.25, 0.3) is 5.69 Å². The molecule has 7 nitrogen and oxygen atoms in total. The number of nitrogens with zero attached hydrogens (tertiary/aromatic N) is 1. The monoisotopic (exact) mass is 401 g/mol. The molecule has 0 unspecified atom stereocenters. The molecule has 1 aromatic carbocycles. The summed E-state index contributed by atoms with van der Waals surface area (Å²) in [5.41, 5.74) is 1.49. The molecule has 0 radical (unpaired) electrons.